The standard InChI is InChI=1S/C14H28N2/c1-3-15-14-8-10-16(11-12(14)2)9-4-5-13-6-7-13/h12-15H,3-11H2,1-2H3. The van der Waals surface area contributed by atoms with Gasteiger partial charge in [-0.15, -0.1) is 0 Å². The molecule has 0 aromatic rings. The average molecular weight is 224 g/mol. The van der Waals surface area contributed by atoms with Crippen molar-refractivity contribution in [3.63, 3.8) is 0 Å². The highest BCUT2D eigenvalue weighted by atomic mass is 15.1. The first-order valence-corrected chi connectivity index (χ1v) is 7.25. The highest BCUT2D eigenvalue weighted by molar-refractivity contribution is 4.82. The monoisotopic (exact) mass is 224 g/mol. The Hall–Kier alpha value is -0.0800. The van der Waals surface area contributed by atoms with Crippen LogP contribution in [-0.4, -0.2) is 37.1 Å². The molecule has 2 aliphatic rings. The zero-order valence-corrected chi connectivity index (χ0v) is 11.0. The van der Waals surface area contributed by atoms with Crippen LogP contribution >= 0.6 is 0 Å². The predicted octanol–water partition coefficient (Wildman–Crippen LogP) is 2.50. The fraction of sp³-hybridized carbons (Fsp3) is 1.00. The van der Waals surface area contributed by atoms with Crippen molar-refractivity contribution < 1.29 is 0 Å². The van der Waals surface area contributed by atoms with Crippen molar-refractivity contribution in [3.05, 3.63) is 0 Å². The molecule has 1 N–H and O–H groups in total. The SMILES string of the molecule is CCNC1CCN(CCCC2CC2)CC1C. The number of likely N-dealkylation sites (tertiary alicyclic amines) is 1. The summed E-state index contributed by atoms with van der Waals surface area (Å²) >= 11 is 0. The van der Waals surface area contributed by atoms with Gasteiger partial charge in [-0.25, -0.2) is 0 Å². The quantitative estimate of drug-likeness (QED) is 0.746. The summed E-state index contributed by atoms with van der Waals surface area (Å²) in [5.74, 6) is 1.94. The Kier molecular flexibility index (Phi) is 4.66. The minimum atomic E-state index is 0.768. The van der Waals surface area contributed by atoms with Crippen molar-refractivity contribution in [1.29, 1.82) is 0 Å². The van der Waals surface area contributed by atoms with Gasteiger partial charge in [0, 0.05) is 12.6 Å². The van der Waals surface area contributed by atoms with E-state index in [1.807, 2.05) is 0 Å². The Bertz CT molecular complexity index is 201. The molecular formula is C14H28N2. The number of nitrogens with zero attached hydrogens (tertiary/aromatic N) is 1. The second-order valence-corrected chi connectivity index (χ2v) is 5.82. The molecular weight excluding hydrogens is 196 g/mol. The Balaban J connectivity index is 1.61. The minimum absolute atomic E-state index is 0.768. The van der Waals surface area contributed by atoms with Gasteiger partial charge in [-0.2, -0.15) is 0 Å². The molecule has 1 aliphatic heterocycles. The molecule has 2 nitrogen and oxygen atoms in total. The summed E-state index contributed by atoms with van der Waals surface area (Å²) in [5, 5.41) is 3.61. The minimum Gasteiger partial charge on any atom is -0.314 e. The molecule has 2 heteroatoms. The zero-order valence-electron chi connectivity index (χ0n) is 11.0. The van der Waals surface area contributed by atoms with E-state index in [-0.39, 0.29) is 0 Å². The van der Waals surface area contributed by atoms with Gasteiger partial charge in [0.25, 0.3) is 0 Å². The Labute approximate surface area is 101 Å². The molecule has 1 saturated heterocycles. The molecule has 2 rings (SSSR count). The van der Waals surface area contributed by atoms with E-state index in [1.165, 1.54) is 51.7 Å². The van der Waals surface area contributed by atoms with E-state index in [1.54, 1.807) is 0 Å². The van der Waals surface area contributed by atoms with Crippen LogP contribution in [-0.2, 0) is 0 Å². The fourth-order valence-electron chi connectivity index (χ4n) is 3.01. The Morgan fingerprint density at radius 1 is 1.25 bits per heavy atom. The highest BCUT2D eigenvalue weighted by Gasteiger charge is 2.25. The second-order valence-electron chi connectivity index (χ2n) is 5.82. The van der Waals surface area contributed by atoms with Crippen LogP contribution in [0.2, 0.25) is 0 Å². The van der Waals surface area contributed by atoms with Gasteiger partial charge in [0.2, 0.25) is 0 Å². The Morgan fingerprint density at radius 3 is 2.69 bits per heavy atom. The molecule has 0 radical (unpaired) electrons. The number of piperidine rings is 1. The molecule has 2 unspecified atom stereocenters. The molecule has 1 saturated carbocycles. The molecule has 0 aromatic heterocycles. The molecule has 2 fully saturated rings. The van der Waals surface area contributed by atoms with Crippen LogP contribution in [0.15, 0.2) is 0 Å². The lowest BCUT2D eigenvalue weighted by Crippen LogP contribution is -2.48. The lowest BCUT2D eigenvalue weighted by Gasteiger charge is -2.37. The molecule has 94 valence electrons. The van der Waals surface area contributed by atoms with Crippen molar-refractivity contribution in [2.24, 2.45) is 11.8 Å². The van der Waals surface area contributed by atoms with Crippen LogP contribution in [0, 0.1) is 11.8 Å². The van der Waals surface area contributed by atoms with Crippen LogP contribution < -0.4 is 5.32 Å². The first kappa shape index (κ1) is 12.4. The van der Waals surface area contributed by atoms with Gasteiger partial charge in [-0.1, -0.05) is 26.7 Å². The largest absolute Gasteiger partial charge is 0.314 e. The summed E-state index contributed by atoms with van der Waals surface area (Å²) in [6.07, 6.45) is 7.29. The van der Waals surface area contributed by atoms with E-state index in [2.05, 4.69) is 24.1 Å². The zero-order chi connectivity index (χ0) is 11.4. The maximum Gasteiger partial charge on any atom is 0.0117 e. The molecule has 2 atom stereocenters. The van der Waals surface area contributed by atoms with Crippen LogP contribution in [0.25, 0.3) is 0 Å². The molecule has 1 aliphatic carbocycles. The summed E-state index contributed by atoms with van der Waals surface area (Å²) in [4.78, 5) is 2.68. The van der Waals surface area contributed by atoms with E-state index >= 15 is 0 Å². The summed E-state index contributed by atoms with van der Waals surface area (Å²) in [6, 6.07) is 0.768. The third-order valence-corrected chi connectivity index (χ3v) is 4.24. The van der Waals surface area contributed by atoms with Crippen molar-refractivity contribution >= 4 is 0 Å². The van der Waals surface area contributed by atoms with E-state index < -0.39 is 0 Å². The summed E-state index contributed by atoms with van der Waals surface area (Å²) in [7, 11) is 0. The molecule has 16 heavy (non-hydrogen) atoms. The van der Waals surface area contributed by atoms with Gasteiger partial charge < -0.3 is 10.2 Å². The van der Waals surface area contributed by atoms with Gasteiger partial charge in [0.1, 0.15) is 0 Å². The maximum atomic E-state index is 3.61. The first-order valence-electron chi connectivity index (χ1n) is 7.25. The summed E-state index contributed by atoms with van der Waals surface area (Å²) in [6.45, 7) is 9.71. The maximum absolute atomic E-state index is 3.61. The van der Waals surface area contributed by atoms with Gasteiger partial charge in [0.15, 0.2) is 0 Å². The third kappa shape index (κ3) is 3.74. The van der Waals surface area contributed by atoms with Crippen molar-refractivity contribution in [2.45, 2.75) is 52.0 Å². The predicted molar refractivity (Wildman–Crippen MR) is 69.6 cm³/mol. The van der Waals surface area contributed by atoms with Crippen molar-refractivity contribution in [3.8, 4) is 0 Å². The number of hydrogen-bond acceptors (Lipinski definition) is 2. The molecule has 0 bridgehead atoms. The lowest BCUT2D eigenvalue weighted by molar-refractivity contribution is 0.146. The van der Waals surface area contributed by atoms with Gasteiger partial charge >= 0.3 is 0 Å². The van der Waals surface area contributed by atoms with Gasteiger partial charge in [-0.05, 0) is 50.7 Å². The average Bonchev–Trinajstić information content (AvgIpc) is 3.06. The topological polar surface area (TPSA) is 15.3 Å². The van der Waals surface area contributed by atoms with E-state index in [9.17, 15) is 0 Å². The number of rotatable bonds is 6. The lowest BCUT2D eigenvalue weighted by atomic mass is 9.93. The van der Waals surface area contributed by atoms with Crippen LogP contribution in [0.4, 0.5) is 0 Å². The molecule has 0 spiro atoms. The first-order chi connectivity index (χ1) is 7.79. The molecule has 0 aromatic carbocycles. The molecule has 0 amide bonds. The van der Waals surface area contributed by atoms with Gasteiger partial charge in [-0.3, -0.25) is 0 Å². The molecule has 1 heterocycles. The van der Waals surface area contributed by atoms with Crippen molar-refractivity contribution in [2.75, 3.05) is 26.2 Å². The highest BCUT2D eigenvalue weighted by Crippen LogP contribution is 2.33. The normalized spacial score (nSPS) is 31.9. The summed E-state index contributed by atoms with van der Waals surface area (Å²) in [5.41, 5.74) is 0. The van der Waals surface area contributed by atoms with Crippen molar-refractivity contribution in [1.82, 2.24) is 10.2 Å². The van der Waals surface area contributed by atoms with Crippen LogP contribution in [0.3, 0.4) is 0 Å². The number of nitrogens with one attached hydrogen (secondary N) is 1. The van der Waals surface area contributed by atoms with E-state index in [4.69, 9.17) is 0 Å². The van der Waals surface area contributed by atoms with E-state index in [0.29, 0.717) is 0 Å². The summed E-state index contributed by atoms with van der Waals surface area (Å²) < 4.78 is 0. The fourth-order valence-corrected chi connectivity index (χ4v) is 3.01. The second kappa shape index (κ2) is 6.02. The third-order valence-electron chi connectivity index (χ3n) is 4.24. The van der Waals surface area contributed by atoms with E-state index in [0.717, 1.165) is 24.4 Å². The number of hydrogen-bond donors (Lipinski definition) is 1. The van der Waals surface area contributed by atoms with Crippen LogP contribution in [0.1, 0.15) is 46.0 Å². The van der Waals surface area contributed by atoms with Gasteiger partial charge in [0.05, 0.1) is 0 Å². The smallest absolute Gasteiger partial charge is 0.0117 e. The Morgan fingerprint density at radius 2 is 2.06 bits per heavy atom. The van der Waals surface area contributed by atoms with Crippen LogP contribution in [0.5, 0.6) is 0 Å².